The Labute approximate surface area is 127 Å². The van der Waals surface area contributed by atoms with Crippen LogP contribution in [0.15, 0.2) is 85.2 Å². The quantitative estimate of drug-likeness (QED) is 0.466. The summed E-state index contributed by atoms with van der Waals surface area (Å²) in [6.45, 7) is 0. The second-order valence-electron chi connectivity index (χ2n) is 4.98. The predicted octanol–water partition coefficient (Wildman–Crippen LogP) is 4.82. The first kappa shape index (κ1) is 12.3. The van der Waals surface area contributed by atoms with E-state index in [1.807, 2.05) is 17.4 Å². The van der Waals surface area contributed by atoms with Gasteiger partial charge < -0.3 is 0 Å². The van der Waals surface area contributed by atoms with Crippen LogP contribution in [-0.4, -0.2) is 0 Å². The summed E-state index contributed by atoms with van der Waals surface area (Å²) in [5, 5.41) is 0. The van der Waals surface area contributed by atoms with E-state index in [0.717, 1.165) is 0 Å². The van der Waals surface area contributed by atoms with Gasteiger partial charge in [0.1, 0.15) is 4.88 Å². The molecule has 4 aromatic rings. The summed E-state index contributed by atoms with van der Waals surface area (Å²) in [7, 11) is 0. The third-order valence-corrected chi connectivity index (χ3v) is 4.72. The lowest BCUT2D eigenvalue weighted by Crippen LogP contribution is -2.15. The van der Waals surface area contributed by atoms with Crippen LogP contribution >= 0.6 is 11.3 Å². The Morgan fingerprint density at radius 1 is 0.619 bits per heavy atom. The Morgan fingerprint density at radius 3 is 2.05 bits per heavy atom. The van der Waals surface area contributed by atoms with E-state index in [0.29, 0.717) is 0 Å². The Morgan fingerprint density at radius 2 is 1.29 bits per heavy atom. The average molecular weight is 288 g/mol. The highest BCUT2D eigenvalue weighted by molar-refractivity contribution is 7.20. The lowest BCUT2D eigenvalue weighted by Gasteiger charge is -2.02. The number of nitrogens with zero attached hydrogens (tertiary/aromatic N) is 1. The highest BCUT2D eigenvalue weighted by Gasteiger charge is 2.10. The SMILES string of the molecule is c1ccc(-c2ccc(-c3c[n+]4ccccc4s3)cc2)cc1. The number of fused-ring (bicyclic) bond motifs is 1. The molecule has 2 aromatic carbocycles. The van der Waals surface area contributed by atoms with Crippen molar-refractivity contribution in [1.29, 1.82) is 0 Å². The fraction of sp³-hybridized carbons (Fsp3) is 0. The van der Waals surface area contributed by atoms with E-state index in [1.54, 1.807) is 0 Å². The molecule has 0 amide bonds. The molecule has 21 heavy (non-hydrogen) atoms. The molecule has 4 rings (SSSR count). The molecular weight excluding hydrogens is 274 g/mol. The summed E-state index contributed by atoms with van der Waals surface area (Å²) in [5.74, 6) is 0. The normalized spacial score (nSPS) is 10.9. The molecule has 0 N–H and O–H groups in total. The van der Waals surface area contributed by atoms with Crippen LogP contribution in [-0.2, 0) is 0 Å². The van der Waals surface area contributed by atoms with E-state index in [9.17, 15) is 0 Å². The molecule has 2 heterocycles. The highest BCUT2D eigenvalue weighted by Crippen LogP contribution is 2.28. The predicted molar refractivity (Wildman–Crippen MR) is 88.4 cm³/mol. The maximum atomic E-state index is 2.20. The fourth-order valence-corrected chi connectivity index (χ4v) is 3.50. The number of rotatable bonds is 2. The summed E-state index contributed by atoms with van der Waals surface area (Å²) in [5.41, 5.74) is 3.78. The van der Waals surface area contributed by atoms with Crippen molar-refractivity contribution in [1.82, 2.24) is 0 Å². The van der Waals surface area contributed by atoms with E-state index >= 15 is 0 Å². The van der Waals surface area contributed by atoms with Gasteiger partial charge in [0.05, 0.1) is 0 Å². The standard InChI is InChI=1S/C19H14NS/c1-2-6-15(7-3-1)16-9-11-17(12-10-16)18-14-20-13-5-4-8-19(20)21-18/h1-14H/q+1. The van der Waals surface area contributed by atoms with Gasteiger partial charge in [0.25, 0.3) is 4.83 Å². The Hall–Kier alpha value is -2.45. The van der Waals surface area contributed by atoms with Crippen molar-refractivity contribution in [3.05, 3.63) is 85.2 Å². The minimum Gasteiger partial charge on any atom is -0.157 e. The van der Waals surface area contributed by atoms with Crippen LogP contribution in [0.2, 0.25) is 0 Å². The molecule has 100 valence electrons. The molecule has 0 spiro atoms. The van der Waals surface area contributed by atoms with Crippen molar-refractivity contribution in [3.8, 4) is 21.6 Å². The number of hydrogen-bond acceptors (Lipinski definition) is 1. The summed E-state index contributed by atoms with van der Waals surface area (Å²) < 4.78 is 2.17. The van der Waals surface area contributed by atoms with Gasteiger partial charge in [-0.25, -0.2) is 0 Å². The van der Waals surface area contributed by atoms with Gasteiger partial charge >= 0.3 is 0 Å². The van der Waals surface area contributed by atoms with E-state index < -0.39 is 0 Å². The van der Waals surface area contributed by atoms with Crippen LogP contribution in [0, 0.1) is 0 Å². The third kappa shape index (κ3) is 2.34. The van der Waals surface area contributed by atoms with Gasteiger partial charge in [-0.2, -0.15) is 4.40 Å². The van der Waals surface area contributed by atoms with Crippen LogP contribution in [0.25, 0.3) is 26.4 Å². The minimum atomic E-state index is 1.26. The Bertz CT molecular complexity index is 843. The monoisotopic (exact) mass is 288 g/mol. The minimum absolute atomic E-state index is 1.26. The smallest absolute Gasteiger partial charge is 0.157 e. The van der Waals surface area contributed by atoms with Crippen LogP contribution in [0.4, 0.5) is 0 Å². The molecular formula is C19H14NS+. The Balaban J connectivity index is 1.73. The number of benzene rings is 2. The first-order chi connectivity index (χ1) is 10.4. The highest BCUT2D eigenvalue weighted by atomic mass is 32.1. The molecule has 0 radical (unpaired) electrons. The molecule has 0 unspecified atom stereocenters. The molecule has 1 nitrogen and oxygen atoms in total. The first-order valence-corrected chi connectivity index (χ1v) is 7.77. The molecule has 0 aliphatic carbocycles. The molecule has 0 saturated heterocycles. The first-order valence-electron chi connectivity index (χ1n) is 6.96. The second kappa shape index (κ2) is 5.15. The molecule has 2 aromatic heterocycles. The van der Waals surface area contributed by atoms with Gasteiger partial charge in [0, 0.05) is 12.1 Å². The molecule has 0 fully saturated rings. The molecule has 0 bridgehead atoms. The van der Waals surface area contributed by atoms with E-state index in [-0.39, 0.29) is 0 Å². The second-order valence-corrected chi connectivity index (χ2v) is 6.05. The van der Waals surface area contributed by atoms with E-state index in [1.165, 1.54) is 26.4 Å². The molecule has 0 aliphatic rings. The third-order valence-electron chi connectivity index (χ3n) is 3.60. The molecule has 0 saturated carbocycles. The summed E-state index contributed by atoms with van der Waals surface area (Å²) in [6.07, 6.45) is 4.28. The van der Waals surface area contributed by atoms with Crippen molar-refractivity contribution >= 4 is 16.2 Å². The summed E-state index contributed by atoms with van der Waals surface area (Å²) in [6, 6.07) is 25.6. The number of pyridine rings is 1. The van der Waals surface area contributed by atoms with Gasteiger partial charge in [-0.1, -0.05) is 65.9 Å². The van der Waals surface area contributed by atoms with Crippen LogP contribution in [0.5, 0.6) is 0 Å². The van der Waals surface area contributed by atoms with Crippen LogP contribution < -0.4 is 4.40 Å². The van der Waals surface area contributed by atoms with Crippen LogP contribution in [0.3, 0.4) is 0 Å². The molecule has 2 heteroatoms. The number of aromatic nitrogens is 1. The van der Waals surface area contributed by atoms with Gasteiger partial charge in [0.2, 0.25) is 0 Å². The maximum absolute atomic E-state index is 2.20. The van der Waals surface area contributed by atoms with Gasteiger partial charge in [-0.05, 0) is 22.8 Å². The van der Waals surface area contributed by atoms with Crippen molar-refractivity contribution in [2.75, 3.05) is 0 Å². The average Bonchev–Trinajstić information content (AvgIpc) is 3.00. The van der Waals surface area contributed by atoms with Crippen molar-refractivity contribution in [2.24, 2.45) is 0 Å². The fourth-order valence-electron chi connectivity index (χ4n) is 2.49. The topological polar surface area (TPSA) is 4.10 Å². The van der Waals surface area contributed by atoms with Crippen molar-refractivity contribution < 1.29 is 4.40 Å². The zero-order chi connectivity index (χ0) is 14.1. The zero-order valence-corrected chi connectivity index (χ0v) is 12.3. The van der Waals surface area contributed by atoms with Gasteiger partial charge in [-0.3, -0.25) is 0 Å². The maximum Gasteiger partial charge on any atom is 0.267 e. The summed E-state index contributed by atoms with van der Waals surface area (Å²) >= 11 is 1.82. The molecule has 0 aliphatic heterocycles. The number of hydrogen-bond donors (Lipinski definition) is 0. The molecule has 0 atom stereocenters. The number of thiazole rings is 1. The lowest BCUT2D eigenvalue weighted by atomic mass is 10.0. The van der Waals surface area contributed by atoms with Gasteiger partial charge in [0.15, 0.2) is 12.4 Å². The van der Waals surface area contributed by atoms with Crippen LogP contribution in [0.1, 0.15) is 0 Å². The summed E-state index contributed by atoms with van der Waals surface area (Å²) in [4.78, 5) is 2.56. The lowest BCUT2D eigenvalue weighted by molar-refractivity contribution is -0.506. The van der Waals surface area contributed by atoms with E-state index in [4.69, 9.17) is 0 Å². The van der Waals surface area contributed by atoms with E-state index in [2.05, 4.69) is 83.5 Å². The Kier molecular flexibility index (Phi) is 3.02. The van der Waals surface area contributed by atoms with Crippen molar-refractivity contribution in [2.45, 2.75) is 0 Å². The zero-order valence-electron chi connectivity index (χ0n) is 11.4. The largest absolute Gasteiger partial charge is 0.267 e. The van der Waals surface area contributed by atoms with Crippen molar-refractivity contribution in [3.63, 3.8) is 0 Å². The van der Waals surface area contributed by atoms with Gasteiger partial charge in [-0.15, -0.1) is 0 Å².